The van der Waals surface area contributed by atoms with Crippen molar-refractivity contribution in [2.75, 3.05) is 6.54 Å². The minimum atomic E-state index is -3.79. The molecule has 1 aliphatic rings. The Morgan fingerprint density at radius 3 is 2.60 bits per heavy atom. The Morgan fingerprint density at radius 1 is 1.35 bits per heavy atom. The first-order valence-corrected chi connectivity index (χ1v) is 7.53. The minimum absolute atomic E-state index is 0.0936. The normalized spacial score (nSPS) is 14.8. The van der Waals surface area contributed by atoms with E-state index in [1.165, 1.54) is 4.31 Å². The van der Waals surface area contributed by atoms with Gasteiger partial charge >= 0.3 is 0 Å². The number of sulfonamides is 1. The molecule has 20 heavy (non-hydrogen) atoms. The first-order valence-electron chi connectivity index (χ1n) is 6.09. The number of nitriles is 2. The number of halogens is 1. The molecule has 1 fully saturated rings. The van der Waals surface area contributed by atoms with Gasteiger partial charge in [-0.15, -0.1) is 0 Å². The van der Waals surface area contributed by atoms with E-state index in [4.69, 9.17) is 10.5 Å². The SMILES string of the molecule is N#CCCN(C1CC1)S(=O)(=O)c1ccc(F)c(C#N)c1. The highest BCUT2D eigenvalue weighted by molar-refractivity contribution is 7.89. The molecule has 0 amide bonds. The minimum Gasteiger partial charge on any atom is -0.207 e. The Morgan fingerprint density at radius 2 is 2.05 bits per heavy atom. The predicted octanol–water partition coefficient (Wildman–Crippen LogP) is 1.76. The zero-order valence-corrected chi connectivity index (χ0v) is 11.4. The summed E-state index contributed by atoms with van der Waals surface area (Å²) in [5.74, 6) is -0.749. The predicted molar refractivity (Wildman–Crippen MR) is 68.3 cm³/mol. The molecule has 0 aromatic heterocycles. The largest absolute Gasteiger partial charge is 0.243 e. The average Bonchev–Trinajstić information content (AvgIpc) is 3.24. The second-order valence-corrected chi connectivity index (χ2v) is 6.40. The maximum absolute atomic E-state index is 13.3. The molecule has 2 rings (SSSR count). The van der Waals surface area contributed by atoms with Gasteiger partial charge in [-0.25, -0.2) is 12.8 Å². The summed E-state index contributed by atoms with van der Waals surface area (Å²) in [6.07, 6.45) is 1.62. The van der Waals surface area contributed by atoms with Gasteiger partial charge in [-0.2, -0.15) is 14.8 Å². The summed E-state index contributed by atoms with van der Waals surface area (Å²) in [5, 5.41) is 17.4. The lowest BCUT2D eigenvalue weighted by molar-refractivity contribution is 0.410. The summed E-state index contributed by atoms with van der Waals surface area (Å²) in [6, 6.07) is 6.60. The van der Waals surface area contributed by atoms with Gasteiger partial charge in [-0.05, 0) is 31.0 Å². The second-order valence-electron chi connectivity index (χ2n) is 4.51. The van der Waals surface area contributed by atoms with Gasteiger partial charge in [0, 0.05) is 19.0 Å². The van der Waals surface area contributed by atoms with Crippen LogP contribution in [0.15, 0.2) is 23.1 Å². The molecule has 0 unspecified atom stereocenters. The Balaban J connectivity index is 2.38. The summed E-state index contributed by atoms with van der Waals surface area (Å²) in [5.41, 5.74) is -0.304. The van der Waals surface area contributed by atoms with E-state index < -0.39 is 15.8 Å². The Kier molecular flexibility index (Phi) is 4.03. The molecule has 104 valence electrons. The zero-order valence-electron chi connectivity index (χ0n) is 10.6. The van der Waals surface area contributed by atoms with Crippen LogP contribution in [-0.4, -0.2) is 25.3 Å². The first-order chi connectivity index (χ1) is 9.50. The maximum Gasteiger partial charge on any atom is 0.243 e. The highest BCUT2D eigenvalue weighted by Gasteiger charge is 2.37. The molecule has 0 N–H and O–H groups in total. The lowest BCUT2D eigenvalue weighted by Crippen LogP contribution is -2.34. The van der Waals surface area contributed by atoms with Crippen molar-refractivity contribution in [1.29, 1.82) is 10.5 Å². The van der Waals surface area contributed by atoms with E-state index in [0.29, 0.717) is 0 Å². The second kappa shape index (κ2) is 5.58. The summed E-state index contributed by atoms with van der Waals surface area (Å²) >= 11 is 0. The van der Waals surface area contributed by atoms with E-state index in [1.807, 2.05) is 6.07 Å². The molecule has 0 aliphatic heterocycles. The number of benzene rings is 1. The van der Waals surface area contributed by atoms with Crippen LogP contribution in [0.3, 0.4) is 0 Å². The van der Waals surface area contributed by atoms with Gasteiger partial charge in [0.05, 0.1) is 16.5 Å². The van der Waals surface area contributed by atoms with Crippen LogP contribution < -0.4 is 0 Å². The van der Waals surface area contributed by atoms with Gasteiger partial charge < -0.3 is 0 Å². The molecular formula is C13H12FN3O2S. The van der Waals surface area contributed by atoms with Crippen LogP contribution >= 0.6 is 0 Å². The summed E-state index contributed by atoms with van der Waals surface area (Å²) in [6.45, 7) is 0.114. The Hall–Kier alpha value is -1.96. The van der Waals surface area contributed by atoms with Gasteiger partial charge in [0.15, 0.2) is 0 Å². The fourth-order valence-corrected chi connectivity index (χ4v) is 3.62. The topological polar surface area (TPSA) is 85.0 Å². The molecule has 0 spiro atoms. The van der Waals surface area contributed by atoms with Gasteiger partial charge in [-0.3, -0.25) is 0 Å². The molecule has 0 bridgehead atoms. The van der Waals surface area contributed by atoms with Gasteiger partial charge in [-0.1, -0.05) is 0 Å². The lowest BCUT2D eigenvalue weighted by atomic mass is 10.2. The molecule has 1 aromatic carbocycles. The molecule has 1 saturated carbocycles. The van der Waals surface area contributed by atoms with Crippen LogP contribution in [0.4, 0.5) is 4.39 Å². The van der Waals surface area contributed by atoms with Crippen molar-refractivity contribution in [1.82, 2.24) is 4.31 Å². The highest BCUT2D eigenvalue weighted by Crippen LogP contribution is 2.32. The van der Waals surface area contributed by atoms with Crippen molar-refractivity contribution in [2.24, 2.45) is 0 Å². The molecular weight excluding hydrogens is 281 g/mol. The lowest BCUT2D eigenvalue weighted by Gasteiger charge is -2.20. The summed E-state index contributed by atoms with van der Waals surface area (Å²) in [7, 11) is -3.79. The third-order valence-corrected chi connectivity index (χ3v) is 5.01. The third-order valence-electron chi connectivity index (χ3n) is 3.06. The van der Waals surface area contributed by atoms with Crippen molar-refractivity contribution in [3.05, 3.63) is 29.6 Å². The third kappa shape index (κ3) is 2.79. The Bertz CT molecular complexity index is 699. The average molecular weight is 293 g/mol. The highest BCUT2D eigenvalue weighted by atomic mass is 32.2. The molecule has 0 atom stereocenters. The van der Waals surface area contributed by atoms with E-state index in [0.717, 1.165) is 31.0 Å². The van der Waals surface area contributed by atoms with Gasteiger partial charge in [0.2, 0.25) is 10.0 Å². The first kappa shape index (κ1) is 14.4. The summed E-state index contributed by atoms with van der Waals surface area (Å²) < 4.78 is 39.5. The number of nitrogens with zero attached hydrogens (tertiary/aromatic N) is 3. The van der Waals surface area contributed by atoms with E-state index in [9.17, 15) is 12.8 Å². The van der Waals surface area contributed by atoms with Gasteiger partial charge in [0.25, 0.3) is 0 Å². The molecule has 5 nitrogen and oxygen atoms in total. The number of rotatable bonds is 5. The molecule has 0 heterocycles. The number of hydrogen-bond acceptors (Lipinski definition) is 4. The molecule has 1 aromatic rings. The van der Waals surface area contributed by atoms with Crippen LogP contribution in [0.2, 0.25) is 0 Å². The Labute approximate surface area is 116 Å². The van der Waals surface area contributed by atoms with E-state index in [2.05, 4.69) is 0 Å². The van der Waals surface area contributed by atoms with Crippen LogP contribution in [0, 0.1) is 28.5 Å². The fraction of sp³-hybridized carbons (Fsp3) is 0.385. The smallest absolute Gasteiger partial charge is 0.207 e. The molecule has 0 radical (unpaired) electrons. The monoisotopic (exact) mass is 293 g/mol. The van der Waals surface area contributed by atoms with E-state index >= 15 is 0 Å². The zero-order chi connectivity index (χ0) is 14.8. The number of hydrogen-bond donors (Lipinski definition) is 0. The van der Waals surface area contributed by atoms with Crippen molar-refractivity contribution in [3.63, 3.8) is 0 Å². The van der Waals surface area contributed by atoms with E-state index in [-0.39, 0.29) is 29.5 Å². The molecule has 7 heteroatoms. The van der Waals surface area contributed by atoms with Crippen molar-refractivity contribution >= 4 is 10.0 Å². The van der Waals surface area contributed by atoms with Crippen LogP contribution in [-0.2, 0) is 10.0 Å². The van der Waals surface area contributed by atoms with Gasteiger partial charge in [0.1, 0.15) is 11.9 Å². The van der Waals surface area contributed by atoms with Crippen molar-refractivity contribution in [2.45, 2.75) is 30.2 Å². The fourth-order valence-electron chi connectivity index (χ4n) is 1.91. The maximum atomic E-state index is 13.3. The van der Waals surface area contributed by atoms with Crippen LogP contribution in [0.5, 0.6) is 0 Å². The van der Waals surface area contributed by atoms with E-state index in [1.54, 1.807) is 6.07 Å². The van der Waals surface area contributed by atoms with Crippen molar-refractivity contribution in [3.8, 4) is 12.1 Å². The summed E-state index contributed by atoms with van der Waals surface area (Å²) in [4.78, 5) is -0.111. The standard InChI is InChI=1S/C13H12FN3O2S/c14-13-5-4-12(8-10(13)9-16)20(18,19)17(7-1-6-15)11-2-3-11/h4-5,8,11H,1-3,7H2. The molecule has 0 saturated heterocycles. The quantitative estimate of drug-likeness (QED) is 0.828. The van der Waals surface area contributed by atoms with Crippen molar-refractivity contribution < 1.29 is 12.8 Å². The molecule has 1 aliphatic carbocycles. The van der Waals surface area contributed by atoms with Crippen LogP contribution in [0.25, 0.3) is 0 Å². The van der Waals surface area contributed by atoms with Crippen LogP contribution in [0.1, 0.15) is 24.8 Å².